The average molecular weight is 181 g/mol. The van der Waals surface area contributed by atoms with E-state index >= 15 is 0 Å². The van der Waals surface area contributed by atoms with Gasteiger partial charge in [0.2, 0.25) is 0 Å². The minimum atomic E-state index is -1.06. The molecule has 1 rings (SSSR count). The molecule has 13 heavy (non-hydrogen) atoms. The summed E-state index contributed by atoms with van der Waals surface area (Å²) in [6.07, 6.45) is 0.382. The third-order valence-electron chi connectivity index (χ3n) is 1.58. The average Bonchev–Trinajstić information content (AvgIpc) is 2.13. The standard InChI is InChI=1S/C9H5F2NO/c10-8-2-1-6(3-9(8)11)7(4-12)5-13/h1-3,5,7H. The minimum absolute atomic E-state index is 0.163. The van der Waals surface area contributed by atoms with Crippen LogP contribution in [-0.2, 0) is 4.79 Å². The molecule has 0 spiro atoms. The second kappa shape index (κ2) is 3.76. The zero-order valence-electron chi connectivity index (χ0n) is 6.50. The molecule has 0 aliphatic heterocycles. The van der Waals surface area contributed by atoms with Crippen LogP contribution in [0.4, 0.5) is 8.78 Å². The summed E-state index contributed by atoms with van der Waals surface area (Å²) in [5.41, 5.74) is 0.163. The summed E-state index contributed by atoms with van der Waals surface area (Å²) in [5.74, 6) is -3.08. The molecule has 4 heteroatoms. The lowest BCUT2D eigenvalue weighted by atomic mass is 10.0. The van der Waals surface area contributed by atoms with Gasteiger partial charge in [-0.2, -0.15) is 5.26 Å². The highest BCUT2D eigenvalue weighted by atomic mass is 19.2. The van der Waals surface area contributed by atoms with Crippen molar-refractivity contribution in [3.05, 3.63) is 35.4 Å². The van der Waals surface area contributed by atoms with Crippen LogP contribution >= 0.6 is 0 Å². The van der Waals surface area contributed by atoms with Crippen LogP contribution in [0, 0.1) is 23.0 Å². The van der Waals surface area contributed by atoms with Crippen LogP contribution < -0.4 is 0 Å². The molecule has 0 saturated heterocycles. The monoisotopic (exact) mass is 181 g/mol. The molecular weight excluding hydrogens is 176 g/mol. The van der Waals surface area contributed by atoms with Crippen LogP contribution in [0.25, 0.3) is 0 Å². The molecule has 66 valence electrons. The second-order valence-corrected chi connectivity index (χ2v) is 2.42. The molecule has 0 bridgehead atoms. The molecule has 0 heterocycles. The molecule has 0 fully saturated rings. The van der Waals surface area contributed by atoms with E-state index in [1.807, 2.05) is 0 Å². The van der Waals surface area contributed by atoms with Crippen LogP contribution in [0.15, 0.2) is 18.2 Å². The molecule has 0 aliphatic rings. The Morgan fingerprint density at radius 1 is 1.38 bits per heavy atom. The molecule has 0 saturated carbocycles. The molecule has 1 aromatic carbocycles. The highest BCUT2D eigenvalue weighted by molar-refractivity contribution is 5.66. The van der Waals surface area contributed by atoms with E-state index in [9.17, 15) is 13.6 Å². The van der Waals surface area contributed by atoms with Crippen LogP contribution in [0.2, 0.25) is 0 Å². The molecule has 0 amide bonds. The summed E-state index contributed by atoms with van der Waals surface area (Å²) in [5, 5.41) is 8.44. The van der Waals surface area contributed by atoms with E-state index in [1.54, 1.807) is 6.07 Å². The number of hydrogen-bond donors (Lipinski definition) is 0. The van der Waals surface area contributed by atoms with Gasteiger partial charge >= 0.3 is 0 Å². The number of hydrogen-bond acceptors (Lipinski definition) is 2. The number of halogens is 2. The topological polar surface area (TPSA) is 40.9 Å². The van der Waals surface area contributed by atoms with Gasteiger partial charge in [0.05, 0.1) is 6.07 Å². The zero-order valence-corrected chi connectivity index (χ0v) is 6.50. The highest BCUT2D eigenvalue weighted by Gasteiger charge is 2.11. The Kier molecular flexibility index (Phi) is 2.70. The van der Waals surface area contributed by atoms with E-state index in [-0.39, 0.29) is 5.56 Å². The van der Waals surface area contributed by atoms with E-state index in [0.29, 0.717) is 6.29 Å². The second-order valence-electron chi connectivity index (χ2n) is 2.42. The predicted molar refractivity (Wildman–Crippen MR) is 40.8 cm³/mol. The van der Waals surface area contributed by atoms with Crippen LogP contribution in [0.1, 0.15) is 11.5 Å². The van der Waals surface area contributed by atoms with Gasteiger partial charge in [0.15, 0.2) is 11.6 Å². The maximum absolute atomic E-state index is 12.6. The summed E-state index contributed by atoms with van der Waals surface area (Å²) >= 11 is 0. The lowest BCUT2D eigenvalue weighted by Gasteiger charge is -2.01. The van der Waals surface area contributed by atoms with Gasteiger partial charge in [-0.25, -0.2) is 8.78 Å². The Morgan fingerprint density at radius 2 is 2.08 bits per heavy atom. The third-order valence-corrected chi connectivity index (χ3v) is 1.58. The van der Waals surface area contributed by atoms with Gasteiger partial charge in [-0.1, -0.05) is 6.07 Å². The molecule has 0 radical (unpaired) electrons. The Labute approximate surface area is 73.4 Å². The predicted octanol–water partition coefficient (Wildman–Crippen LogP) is 1.77. The van der Waals surface area contributed by atoms with Crippen molar-refractivity contribution in [2.75, 3.05) is 0 Å². The molecule has 1 aromatic rings. The van der Waals surface area contributed by atoms with E-state index in [0.717, 1.165) is 12.1 Å². The van der Waals surface area contributed by atoms with Crippen molar-refractivity contribution in [1.82, 2.24) is 0 Å². The van der Waals surface area contributed by atoms with Crippen molar-refractivity contribution in [3.63, 3.8) is 0 Å². The van der Waals surface area contributed by atoms with Gasteiger partial charge in [-0.3, -0.25) is 0 Å². The Balaban J connectivity index is 3.11. The van der Waals surface area contributed by atoms with E-state index in [2.05, 4.69) is 0 Å². The molecule has 1 atom stereocenters. The SMILES string of the molecule is N#CC(C=O)c1ccc(F)c(F)c1. The highest BCUT2D eigenvalue weighted by Crippen LogP contribution is 2.15. The van der Waals surface area contributed by atoms with Crippen molar-refractivity contribution in [2.45, 2.75) is 5.92 Å². The number of aldehydes is 1. The van der Waals surface area contributed by atoms with Gasteiger partial charge in [0.1, 0.15) is 12.2 Å². The van der Waals surface area contributed by atoms with Crippen molar-refractivity contribution >= 4 is 6.29 Å². The Hall–Kier alpha value is -1.76. The van der Waals surface area contributed by atoms with Gasteiger partial charge < -0.3 is 4.79 Å². The van der Waals surface area contributed by atoms with Crippen LogP contribution in [0.5, 0.6) is 0 Å². The van der Waals surface area contributed by atoms with Crippen LogP contribution in [-0.4, -0.2) is 6.29 Å². The number of carbonyl (C=O) groups is 1. The largest absolute Gasteiger partial charge is 0.302 e. The van der Waals surface area contributed by atoms with Gasteiger partial charge in [0.25, 0.3) is 0 Å². The maximum Gasteiger partial charge on any atom is 0.159 e. The summed E-state index contributed by atoms with van der Waals surface area (Å²) in [4.78, 5) is 10.3. The molecule has 0 aliphatic carbocycles. The van der Waals surface area contributed by atoms with Gasteiger partial charge in [0, 0.05) is 0 Å². The number of carbonyl (C=O) groups excluding carboxylic acids is 1. The van der Waals surface area contributed by atoms with Crippen LogP contribution in [0.3, 0.4) is 0 Å². The van der Waals surface area contributed by atoms with Crippen molar-refractivity contribution in [3.8, 4) is 6.07 Å². The molecule has 1 unspecified atom stereocenters. The molecule has 2 nitrogen and oxygen atoms in total. The van der Waals surface area contributed by atoms with Crippen molar-refractivity contribution < 1.29 is 13.6 Å². The normalized spacial score (nSPS) is 11.8. The van der Waals surface area contributed by atoms with Crippen molar-refractivity contribution in [2.24, 2.45) is 0 Å². The smallest absolute Gasteiger partial charge is 0.159 e. The van der Waals surface area contributed by atoms with E-state index in [1.165, 1.54) is 6.07 Å². The fourth-order valence-electron chi connectivity index (χ4n) is 0.889. The number of rotatable bonds is 2. The number of nitrogens with zero attached hydrogens (tertiary/aromatic N) is 1. The Bertz CT molecular complexity index is 370. The Morgan fingerprint density at radius 3 is 2.54 bits per heavy atom. The lowest BCUT2D eigenvalue weighted by molar-refractivity contribution is -0.108. The molecule has 0 aromatic heterocycles. The number of nitriles is 1. The first kappa shape index (κ1) is 9.33. The molecular formula is C9H5F2NO. The third kappa shape index (κ3) is 1.88. The first-order valence-electron chi connectivity index (χ1n) is 3.49. The van der Waals surface area contributed by atoms with Gasteiger partial charge in [-0.15, -0.1) is 0 Å². The van der Waals surface area contributed by atoms with E-state index in [4.69, 9.17) is 5.26 Å². The lowest BCUT2D eigenvalue weighted by Crippen LogP contribution is -1.98. The number of benzene rings is 1. The maximum atomic E-state index is 12.6. The fraction of sp³-hybridized carbons (Fsp3) is 0.111. The molecule has 0 N–H and O–H groups in total. The quantitative estimate of drug-likeness (QED) is 0.652. The first-order valence-corrected chi connectivity index (χ1v) is 3.49. The zero-order chi connectivity index (χ0) is 9.84. The first-order chi connectivity index (χ1) is 6.19. The summed E-state index contributed by atoms with van der Waals surface area (Å²) in [7, 11) is 0. The van der Waals surface area contributed by atoms with Crippen molar-refractivity contribution in [1.29, 1.82) is 5.26 Å². The minimum Gasteiger partial charge on any atom is -0.302 e. The fourth-order valence-corrected chi connectivity index (χ4v) is 0.889. The summed E-state index contributed by atoms with van der Waals surface area (Å²) in [6, 6.07) is 4.60. The summed E-state index contributed by atoms with van der Waals surface area (Å²) in [6.45, 7) is 0. The van der Waals surface area contributed by atoms with Gasteiger partial charge in [-0.05, 0) is 17.7 Å². The van der Waals surface area contributed by atoms with E-state index < -0.39 is 17.6 Å². The summed E-state index contributed by atoms with van der Waals surface area (Å²) < 4.78 is 25.0.